The van der Waals surface area contributed by atoms with Crippen LogP contribution in [0.15, 0.2) is 42.6 Å². The Bertz CT molecular complexity index is 979. The summed E-state index contributed by atoms with van der Waals surface area (Å²) in [5.41, 5.74) is 7.57. The number of aromatic nitrogens is 2. The summed E-state index contributed by atoms with van der Waals surface area (Å²) in [6.45, 7) is 1.89. The van der Waals surface area contributed by atoms with Crippen molar-refractivity contribution in [3.63, 3.8) is 0 Å². The number of carbonyl (C=O) groups excluding carboxylic acids is 1. The Labute approximate surface area is 154 Å². The molecule has 0 radical (unpaired) electrons. The zero-order chi connectivity index (χ0) is 19.6. The standard InChI is InChI=1S/C19H17F2N3O3/c1-11-3-4-12(7-13(11)10-27-19(22)25)17-5-6-24(23-17)18-15(20)8-14(26-2)9-16(18)21/h3-9H,10H2,1-2H3,(H2,22,25). The van der Waals surface area contributed by atoms with Crippen LogP contribution in [0.4, 0.5) is 13.6 Å². The Morgan fingerprint density at radius 3 is 2.52 bits per heavy atom. The van der Waals surface area contributed by atoms with Crippen molar-refractivity contribution in [2.24, 2.45) is 5.73 Å². The largest absolute Gasteiger partial charge is 0.497 e. The highest BCUT2D eigenvalue weighted by molar-refractivity contribution is 5.65. The minimum atomic E-state index is -0.866. The highest BCUT2D eigenvalue weighted by Gasteiger charge is 2.16. The molecule has 140 valence electrons. The molecule has 3 aromatic rings. The molecular weight excluding hydrogens is 356 g/mol. The fraction of sp³-hybridized carbons (Fsp3) is 0.158. The van der Waals surface area contributed by atoms with E-state index >= 15 is 0 Å². The molecule has 6 nitrogen and oxygen atoms in total. The van der Waals surface area contributed by atoms with Gasteiger partial charge in [0.15, 0.2) is 11.6 Å². The summed E-state index contributed by atoms with van der Waals surface area (Å²) >= 11 is 0. The number of amides is 1. The molecule has 0 spiro atoms. The van der Waals surface area contributed by atoms with Gasteiger partial charge in [-0.2, -0.15) is 5.10 Å². The van der Waals surface area contributed by atoms with Crippen molar-refractivity contribution in [2.45, 2.75) is 13.5 Å². The number of ether oxygens (including phenoxy) is 2. The summed E-state index contributed by atoms with van der Waals surface area (Å²) in [7, 11) is 1.33. The summed E-state index contributed by atoms with van der Waals surface area (Å²) in [6, 6.07) is 9.24. The molecule has 0 unspecified atom stereocenters. The number of nitrogens with two attached hydrogens (primary N) is 1. The topological polar surface area (TPSA) is 79.4 Å². The van der Waals surface area contributed by atoms with Gasteiger partial charge in [0.2, 0.25) is 0 Å². The van der Waals surface area contributed by atoms with Crippen molar-refractivity contribution in [1.82, 2.24) is 9.78 Å². The van der Waals surface area contributed by atoms with Crippen LogP contribution in [0.2, 0.25) is 0 Å². The van der Waals surface area contributed by atoms with Crippen LogP contribution in [0.3, 0.4) is 0 Å². The van der Waals surface area contributed by atoms with E-state index in [4.69, 9.17) is 15.2 Å². The number of halogens is 2. The first-order valence-corrected chi connectivity index (χ1v) is 8.00. The highest BCUT2D eigenvalue weighted by Crippen LogP contribution is 2.26. The third kappa shape index (κ3) is 3.89. The quantitative estimate of drug-likeness (QED) is 0.739. The van der Waals surface area contributed by atoms with Crippen LogP contribution in [0.1, 0.15) is 11.1 Å². The molecule has 0 fully saturated rings. The monoisotopic (exact) mass is 373 g/mol. The van der Waals surface area contributed by atoms with Gasteiger partial charge in [0.25, 0.3) is 0 Å². The lowest BCUT2D eigenvalue weighted by Gasteiger charge is -2.09. The number of hydrogen-bond acceptors (Lipinski definition) is 4. The van der Waals surface area contributed by atoms with E-state index in [9.17, 15) is 13.6 Å². The number of benzene rings is 2. The number of nitrogens with zero attached hydrogens (tertiary/aromatic N) is 2. The summed E-state index contributed by atoms with van der Waals surface area (Å²) < 4.78 is 39.3. The molecule has 1 heterocycles. The zero-order valence-corrected chi connectivity index (χ0v) is 14.7. The third-order valence-corrected chi connectivity index (χ3v) is 4.06. The fourth-order valence-corrected chi connectivity index (χ4v) is 2.62. The van der Waals surface area contributed by atoms with Crippen molar-refractivity contribution >= 4 is 6.09 Å². The number of primary amides is 1. The van der Waals surface area contributed by atoms with Crippen molar-refractivity contribution in [1.29, 1.82) is 0 Å². The summed E-state index contributed by atoms with van der Waals surface area (Å²) in [4.78, 5) is 10.8. The van der Waals surface area contributed by atoms with Gasteiger partial charge in [-0.3, -0.25) is 0 Å². The summed E-state index contributed by atoms with van der Waals surface area (Å²) in [6.07, 6.45) is 0.595. The van der Waals surface area contributed by atoms with Gasteiger partial charge in [0, 0.05) is 23.9 Å². The normalized spacial score (nSPS) is 10.7. The Morgan fingerprint density at radius 2 is 1.89 bits per heavy atom. The van der Waals surface area contributed by atoms with E-state index in [-0.39, 0.29) is 18.0 Å². The maximum absolute atomic E-state index is 14.2. The molecule has 0 aliphatic carbocycles. The first-order chi connectivity index (χ1) is 12.9. The van der Waals surface area contributed by atoms with Gasteiger partial charge < -0.3 is 15.2 Å². The molecule has 27 heavy (non-hydrogen) atoms. The molecule has 2 N–H and O–H groups in total. The van der Waals surface area contributed by atoms with Crippen LogP contribution in [-0.4, -0.2) is 23.0 Å². The predicted molar refractivity (Wildman–Crippen MR) is 94.6 cm³/mol. The van der Waals surface area contributed by atoms with E-state index in [0.29, 0.717) is 11.3 Å². The molecule has 3 rings (SSSR count). The number of carbonyl (C=O) groups is 1. The van der Waals surface area contributed by atoms with Crippen LogP contribution < -0.4 is 10.5 Å². The summed E-state index contributed by atoms with van der Waals surface area (Å²) in [5.74, 6) is -1.50. The Morgan fingerprint density at radius 1 is 1.19 bits per heavy atom. The number of hydrogen-bond donors (Lipinski definition) is 1. The molecule has 0 aliphatic heterocycles. The van der Waals surface area contributed by atoms with Crippen molar-refractivity contribution < 1.29 is 23.0 Å². The maximum Gasteiger partial charge on any atom is 0.404 e. The predicted octanol–water partition coefficient (Wildman–Crippen LogP) is 3.73. The van der Waals surface area contributed by atoms with E-state index in [0.717, 1.165) is 27.9 Å². The van der Waals surface area contributed by atoms with Crippen molar-refractivity contribution in [3.8, 4) is 22.7 Å². The van der Waals surface area contributed by atoms with E-state index in [1.807, 2.05) is 19.1 Å². The zero-order valence-electron chi connectivity index (χ0n) is 14.7. The van der Waals surface area contributed by atoms with Gasteiger partial charge in [-0.25, -0.2) is 18.3 Å². The van der Waals surface area contributed by atoms with Crippen molar-refractivity contribution in [2.75, 3.05) is 7.11 Å². The molecule has 0 saturated heterocycles. The minimum Gasteiger partial charge on any atom is -0.497 e. The second-order valence-electron chi connectivity index (χ2n) is 5.83. The molecule has 0 bridgehead atoms. The first-order valence-electron chi connectivity index (χ1n) is 8.00. The molecule has 8 heteroatoms. The van der Waals surface area contributed by atoms with Crippen LogP contribution in [0.25, 0.3) is 16.9 Å². The molecule has 1 amide bonds. The molecule has 0 aliphatic rings. The lowest BCUT2D eigenvalue weighted by Crippen LogP contribution is -2.13. The van der Waals surface area contributed by atoms with Crippen LogP contribution >= 0.6 is 0 Å². The van der Waals surface area contributed by atoms with E-state index in [1.165, 1.54) is 13.3 Å². The Kier molecular flexibility index (Phi) is 5.07. The fourth-order valence-electron chi connectivity index (χ4n) is 2.62. The lowest BCUT2D eigenvalue weighted by molar-refractivity contribution is 0.150. The first kappa shape index (κ1) is 18.4. The highest BCUT2D eigenvalue weighted by atomic mass is 19.1. The van der Waals surface area contributed by atoms with E-state index in [2.05, 4.69) is 5.10 Å². The average Bonchev–Trinajstić information content (AvgIpc) is 3.09. The smallest absolute Gasteiger partial charge is 0.404 e. The SMILES string of the molecule is COc1cc(F)c(-n2ccc(-c3ccc(C)c(COC(N)=O)c3)n2)c(F)c1. The van der Waals surface area contributed by atoms with Gasteiger partial charge in [0.05, 0.1) is 12.8 Å². The van der Waals surface area contributed by atoms with Crippen LogP contribution in [0.5, 0.6) is 5.75 Å². The van der Waals surface area contributed by atoms with Crippen molar-refractivity contribution in [3.05, 3.63) is 65.4 Å². The number of aryl methyl sites for hydroxylation is 1. The lowest BCUT2D eigenvalue weighted by atomic mass is 10.0. The maximum atomic E-state index is 14.2. The van der Waals surface area contributed by atoms with Gasteiger partial charge in [-0.1, -0.05) is 12.1 Å². The van der Waals surface area contributed by atoms with Gasteiger partial charge in [-0.15, -0.1) is 0 Å². The molecule has 0 atom stereocenters. The van der Waals surface area contributed by atoms with Gasteiger partial charge in [0.1, 0.15) is 18.0 Å². The minimum absolute atomic E-state index is 0.0252. The van der Waals surface area contributed by atoms with E-state index < -0.39 is 17.7 Å². The van der Waals surface area contributed by atoms with E-state index in [1.54, 1.807) is 12.1 Å². The number of methoxy groups -OCH3 is 1. The molecule has 2 aromatic carbocycles. The van der Waals surface area contributed by atoms with Gasteiger partial charge >= 0.3 is 6.09 Å². The Balaban J connectivity index is 1.95. The average molecular weight is 373 g/mol. The van der Waals surface area contributed by atoms with Gasteiger partial charge in [-0.05, 0) is 30.2 Å². The Hall–Kier alpha value is -3.42. The second kappa shape index (κ2) is 7.45. The summed E-state index contributed by atoms with van der Waals surface area (Å²) in [5, 5.41) is 4.26. The second-order valence-corrected chi connectivity index (χ2v) is 5.83. The number of rotatable bonds is 5. The van der Waals surface area contributed by atoms with Crippen LogP contribution in [-0.2, 0) is 11.3 Å². The van der Waals surface area contributed by atoms with Crippen LogP contribution in [0, 0.1) is 18.6 Å². The molecule has 1 aromatic heterocycles. The molecule has 0 saturated carbocycles. The molecular formula is C19H17F2N3O3. The third-order valence-electron chi connectivity index (χ3n) is 4.06.